The van der Waals surface area contributed by atoms with Crippen molar-refractivity contribution in [2.24, 2.45) is 0 Å². The Morgan fingerprint density at radius 1 is 1.12 bits per heavy atom. The summed E-state index contributed by atoms with van der Waals surface area (Å²) >= 11 is 1.62. The lowest BCUT2D eigenvalue weighted by Crippen LogP contribution is -2.30. The van der Waals surface area contributed by atoms with Gasteiger partial charge in [0.1, 0.15) is 5.69 Å². The second-order valence-electron chi connectivity index (χ2n) is 6.19. The molecule has 1 amide bonds. The summed E-state index contributed by atoms with van der Waals surface area (Å²) in [5, 5.41) is 14.3. The minimum absolute atomic E-state index is 0.0164. The highest BCUT2D eigenvalue weighted by Gasteiger charge is 2.23. The number of thioether (sulfide) groups is 1. The largest absolute Gasteiger partial charge is 0.366 e. The standard InChI is InChI=1S/C19H21N3O3S/c1-26-16-8-6-15(7-9-16)20-19(23)14-5-10-17(18(13-14)22(24)25)21-11-3-2-4-12-21/h5-10,13H,2-4,11-12H2,1H3,(H,20,23). The van der Waals surface area contributed by atoms with E-state index < -0.39 is 4.92 Å². The zero-order chi connectivity index (χ0) is 18.5. The van der Waals surface area contributed by atoms with Crippen LogP contribution in [0.1, 0.15) is 29.6 Å². The maximum Gasteiger partial charge on any atom is 0.293 e. The number of hydrogen-bond acceptors (Lipinski definition) is 5. The SMILES string of the molecule is CSc1ccc(NC(=O)c2ccc(N3CCCCC3)c([N+](=O)[O-])c2)cc1. The van der Waals surface area contributed by atoms with Crippen LogP contribution in [0.5, 0.6) is 0 Å². The Kier molecular flexibility index (Phi) is 5.78. The number of anilines is 2. The van der Waals surface area contributed by atoms with Crippen LogP contribution in [0.4, 0.5) is 17.1 Å². The van der Waals surface area contributed by atoms with Gasteiger partial charge in [-0.1, -0.05) is 0 Å². The first-order valence-corrected chi connectivity index (χ1v) is 9.80. The first-order valence-electron chi connectivity index (χ1n) is 8.57. The molecule has 3 rings (SSSR count). The van der Waals surface area contributed by atoms with Gasteiger partial charge in [0.15, 0.2) is 0 Å². The first kappa shape index (κ1) is 18.3. The molecule has 136 valence electrons. The molecule has 0 saturated carbocycles. The van der Waals surface area contributed by atoms with Gasteiger partial charge >= 0.3 is 0 Å². The molecule has 1 aliphatic rings. The predicted octanol–water partition coefficient (Wildman–Crippen LogP) is 4.56. The Hall–Kier alpha value is -2.54. The van der Waals surface area contributed by atoms with Crippen LogP contribution in [0.3, 0.4) is 0 Å². The molecule has 1 fully saturated rings. The van der Waals surface area contributed by atoms with E-state index in [9.17, 15) is 14.9 Å². The molecule has 1 N–H and O–H groups in total. The average Bonchev–Trinajstić information content (AvgIpc) is 2.68. The molecule has 0 aromatic heterocycles. The Bertz CT molecular complexity index is 802. The normalized spacial score (nSPS) is 14.1. The number of hydrogen-bond donors (Lipinski definition) is 1. The molecule has 0 atom stereocenters. The number of carbonyl (C=O) groups is 1. The Balaban J connectivity index is 1.81. The van der Waals surface area contributed by atoms with Gasteiger partial charge in [-0.15, -0.1) is 11.8 Å². The zero-order valence-corrected chi connectivity index (χ0v) is 15.4. The van der Waals surface area contributed by atoms with Crippen molar-refractivity contribution in [2.45, 2.75) is 24.2 Å². The maximum atomic E-state index is 12.5. The minimum atomic E-state index is -0.409. The van der Waals surface area contributed by atoms with Gasteiger partial charge in [-0.25, -0.2) is 0 Å². The number of rotatable bonds is 5. The molecule has 0 unspecified atom stereocenters. The van der Waals surface area contributed by atoms with Crippen molar-refractivity contribution in [1.29, 1.82) is 0 Å². The summed E-state index contributed by atoms with van der Waals surface area (Å²) in [6, 6.07) is 12.2. The summed E-state index contributed by atoms with van der Waals surface area (Å²) in [4.78, 5) is 26.7. The van der Waals surface area contributed by atoms with Crippen LogP contribution in [0.15, 0.2) is 47.4 Å². The van der Waals surface area contributed by atoms with Crippen LogP contribution in [0, 0.1) is 10.1 Å². The van der Waals surface area contributed by atoms with Crippen LogP contribution < -0.4 is 10.2 Å². The topological polar surface area (TPSA) is 75.5 Å². The van der Waals surface area contributed by atoms with E-state index in [-0.39, 0.29) is 17.2 Å². The Morgan fingerprint density at radius 3 is 2.42 bits per heavy atom. The van der Waals surface area contributed by atoms with E-state index in [0.29, 0.717) is 11.4 Å². The number of nitrogens with one attached hydrogen (secondary N) is 1. The van der Waals surface area contributed by atoms with E-state index in [4.69, 9.17) is 0 Å². The number of nitro benzene ring substituents is 1. The maximum absolute atomic E-state index is 12.5. The number of amides is 1. The van der Waals surface area contributed by atoms with Crippen molar-refractivity contribution in [2.75, 3.05) is 29.6 Å². The van der Waals surface area contributed by atoms with E-state index in [2.05, 4.69) is 5.32 Å². The van der Waals surface area contributed by atoms with Crippen molar-refractivity contribution >= 4 is 34.7 Å². The second kappa shape index (κ2) is 8.23. The van der Waals surface area contributed by atoms with Crippen molar-refractivity contribution < 1.29 is 9.72 Å². The van der Waals surface area contributed by atoms with Crippen LogP contribution in [-0.4, -0.2) is 30.2 Å². The third-order valence-corrected chi connectivity index (χ3v) is 5.22. The molecular weight excluding hydrogens is 350 g/mol. The molecule has 1 aliphatic heterocycles. The quantitative estimate of drug-likeness (QED) is 0.474. The van der Waals surface area contributed by atoms with Gasteiger partial charge in [0, 0.05) is 35.3 Å². The highest BCUT2D eigenvalue weighted by molar-refractivity contribution is 7.98. The molecule has 1 heterocycles. The van der Waals surface area contributed by atoms with Crippen LogP contribution in [0.2, 0.25) is 0 Å². The number of nitro groups is 1. The molecule has 26 heavy (non-hydrogen) atoms. The summed E-state index contributed by atoms with van der Waals surface area (Å²) in [5.74, 6) is -0.352. The molecule has 0 radical (unpaired) electrons. The van der Waals surface area contributed by atoms with Gasteiger partial charge in [-0.3, -0.25) is 14.9 Å². The van der Waals surface area contributed by atoms with E-state index in [1.54, 1.807) is 23.9 Å². The van der Waals surface area contributed by atoms with Gasteiger partial charge in [-0.05, 0) is 61.9 Å². The fraction of sp³-hybridized carbons (Fsp3) is 0.316. The van der Waals surface area contributed by atoms with Crippen LogP contribution >= 0.6 is 11.8 Å². The monoisotopic (exact) mass is 371 g/mol. The van der Waals surface area contributed by atoms with E-state index in [1.165, 1.54) is 6.07 Å². The molecule has 2 aromatic carbocycles. The summed E-state index contributed by atoms with van der Waals surface area (Å²) in [6.07, 6.45) is 5.20. The minimum Gasteiger partial charge on any atom is -0.366 e. The molecule has 6 nitrogen and oxygen atoms in total. The van der Waals surface area contributed by atoms with Crippen LogP contribution in [0.25, 0.3) is 0 Å². The second-order valence-corrected chi connectivity index (χ2v) is 7.07. The van der Waals surface area contributed by atoms with Crippen molar-refractivity contribution in [3.05, 3.63) is 58.1 Å². The summed E-state index contributed by atoms with van der Waals surface area (Å²) < 4.78 is 0. The molecule has 1 saturated heterocycles. The summed E-state index contributed by atoms with van der Waals surface area (Å²) in [6.45, 7) is 1.63. The van der Waals surface area contributed by atoms with Gasteiger partial charge < -0.3 is 10.2 Å². The molecule has 7 heteroatoms. The Morgan fingerprint density at radius 2 is 1.81 bits per heavy atom. The average molecular weight is 371 g/mol. The molecule has 0 bridgehead atoms. The summed E-state index contributed by atoms with van der Waals surface area (Å²) in [7, 11) is 0. The fourth-order valence-electron chi connectivity index (χ4n) is 3.09. The van der Waals surface area contributed by atoms with Gasteiger partial charge in [-0.2, -0.15) is 0 Å². The van der Waals surface area contributed by atoms with Gasteiger partial charge in [0.2, 0.25) is 0 Å². The highest BCUT2D eigenvalue weighted by atomic mass is 32.2. The predicted molar refractivity (Wildman–Crippen MR) is 105 cm³/mol. The fourth-order valence-corrected chi connectivity index (χ4v) is 3.50. The Labute approximate surface area is 156 Å². The molecule has 2 aromatic rings. The number of nitrogens with zero attached hydrogens (tertiary/aromatic N) is 2. The third kappa shape index (κ3) is 4.16. The highest BCUT2D eigenvalue weighted by Crippen LogP contribution is 2.31. The van der Waals surface area contributed by atoms with E-state index in [1.807, 2.05) is 35.4 Å². The zero-order valence-electron chi connectivity index (χ0n) is 14.6. The van der Waals surface area contributed by atoms with Gasteiger partial charge in [0.25, 0.3) is 11.6 Å². The number of carbonyl (C=O) groups excluding carboxylic acids is 1. The lowest BCUT2D eigenvalue weighted by molar-refractivity contribution is -0.384. The molecule has 0 spiro atoms. The third-order valence-electron chi connectivity index (χ3n) is 4.48. The first-order chi connectivity index (χ1) is 12.6. The number of benzene rings is 2. The summed E-state index contributed by atoms with van der Waals surface area (Å²) in [5.41, 5.74) is 1.52. The van der Waals surface area contributed by atoms with Crippen molar-refractivity contribution in [3.63, 3.8) is 0 Å². The lowest BCUT2D eigenvalue weighted by atomic mass is 10.1. The van der Waals surface area contributed by atoms with Gasteiger partial charge in [0.05, 0.1) is 4.92 Å². The van der Waals surface area contributed by atoms with E-state index in [0.717, 1.165) is 37.2 Å². The lowest BCUT2D eigenvalue weighted by Gasteiger charge is -2.28. The van der Waals surface area contributed by atoms with Crippen LogP contribution in [-0.2, 0) is 0 Å². The smallest absolute Gasteiger partial charge is 0.293 e. The number of piperidine rings is 1. The van der Waals surface area contributed by atoms with Crippen molar-refractivity contribution in [1.82, 2.24) is 0 Å². The molecular formula is C19H21N3O3S. The molecule has 0 aliphatic carbocycles. The van der Waals surface area contributed by atoms with Crippen molar-refractivity contribution in [3.8, 4) is 0 Å². The van der Waals surface area contributed by atoms with E-state index >= 15 is 0 Å².